The molecule has 4 nitrogen and oxygen atoms in total. The van der Waals surface area contributed by atoms with Crippen molar-refractivity contribution in [3.05, 3.63) is 42.9 Å². The van der Waals surface area contributed by atoms with Gasteiger partial charge in [0, 0.05) is 16.3 Å². The second-order valence-electron chi connectivity index (χ2n) is 3.49. The van der Waals surface area contributed by atoms with Gasteiger partial charge in [-0.15, -0.1) is 10.2 Å². The molecule has 0 radical (unpaired) electrons. The predicted molar refractivity (Wildman–Crippen MR) is 61.7 cm³/mol. The molecule has 0 spiro atoms. The van der Waals surface area contributed by atoms with Gasteiger partial charge in [0.15, 0.2) is 5.82 Å². The van der Waals surface area contributed by atoms with Gasteiger partial charge in [0.2, 0.25) is 0 Å². The maximum atomic E-state index is 5.78. The third kappa shape index (κ3) is 1.24. The Morgan fingerprint density at radius 3 is 2.56 bits per heavy atom. The van der Waals surface area contributed by atoms with Gasteiger partial charge >= 0.3 is 0 Å². The molecule has 0 amide bonds. The maximum absolute atomic E-state index is 5.78. The quantitative estimate of drug-likeness (QED) is 0.671. The fraction of sp³-hybridized carbons (Fsp3) is 0. The molecule has 0 bridgehead atoms. The number of fused-ring (bicyclic) bond motifs is 1. The van der Waals surface area contributed by atoms with Crippen molar-refractivity contribution < 1.29 is 4.42 Å². The summed E-state index contributed by atoms with van der Waals surface area (Å²) in [4.78, 5) is 0. The molecular weight excluding hydrogens is 202 g/mol. The van der Waals surface area contributed by atoms with Crippen LogP contribution in [0.3, 0.4) is 0 Å². The van der Waals surface area contributed by atoms with Crippen LogP contribution in [-0.2, 0) is 0 Å². The minimum absolute atomic E-state index is 0.447. The minimum Gasteiger partial charge on any atom is -0.472 e. The van der Waals surface area contributed by atoms with E-state index >= 15 is 0 Å². The largest absolute Gasteiger partial charge is 0.472 e. The van der Waals surface area contributed by atoms with E-state index in [0.29, 0.717) is 5.82 Å². The fourth-order valence-corrected chi connectivity index (χ4v) is 1.74. The van der Waals surface area contributed by atoms with E-state index in [1.54, 1.807) is 12.5 Å². The zero-order valence-electron chi connectivity index (χ0n) is 8.42. The van der Waals surface area contributed by atoms with Crippen molar-refractivity contribution in [2.45, 2.75) is 0 Å². The number of nitrogens with two attached hydrogens (primary N) is 1. The standard InChI is InChI=1S/C12H9N3O/c13-12-10-4-2-1-3-9(10)11(14-15-12)8-5-6-16-7-8/h1-7H,(H2,13,15). The number of rotatable bonds is 1. The van der Waals surface area contributed by atoms with E-state index in [0.717, 1.165) is 22.0 Å². The van der Waals surface area contributed by atoms with E-state index in [1.807, 2.05) is 30.3 Å². The van der Waals surface area contributed by atoms with E-state index in [9.17, 15) is 0 Å². The van der Waals surface area contributed by atoms with Gasteiger partial charge in [-0.2, -0.15) is 0 Å². The average Bonchev–Trinajstić information content (AvgIpc) is 2.83. The highest BCUT2D eigenvalue weighted by atomic mass is 16.3. The third-order valence-corrected chi connectivity index (χ3v) is 2.51. The highest BCUT2D eigenvalue weighted by Crippen LogP contribution is 2.28. The summed E-state index contributed by atoms with van der Waals surface area (Å²) >= 11 is 0. The van der Waals surface area contributed by atoms with Gasteiger partial charge < -0.3 is 10.2 Å². The number of nitrogen functional groups attached to an aromatic ring is 1. The number of aromatic nitrogens is 2. The lowest BCUT2D eigenvalue weighted by Crippen LogP contribution is -1.96. The van der Waals surface area contributed by atoms with Crippen LogP contribution >= 0.6 is 0 Å². The Hall–Kier alpha value is -2.36. The molecule has 0 saturated heterocycles. The average molecular weight is 211 g/mol. The molecule has 0 unspecified atom stereocenters. The number of benzene rings is 1. The van der Waals surface area contributed by atoms with Gasteiger partial charge in [0.25, 0.3) is 0 Å². The highest BCUT2D eigenvalue weighted by Gasteiger charge is 2.09. The summed E-state index contributed by atoms with van der Waals surface area (Å²) < 4.78 is 5.05. The minimum atomic E-state index is 0.447. The van der Waals surface area contributed by atoms with E-state index in [1.165, 1.54) is 0 Å². The molecule has 2 aromatic heterocycles. The number of furan rings is 1. The molecule has 4 heteroatoms. The Bertz CT molecular complexity index is 632. The lowest BCUT2D eigenvalue weighted by atomic mass is 10.1. The summed E-state index contributed by atoms with van der Waals surface area (Å²) in [6, 6.07) is 9.64. The van der Waals surface area contributed by atoms with Crippen molar-refractivity contribution >= 4 is 16.6 Å². The second kappa shape index (κ2) is 3.34. The van der Waals surface area contributed by atoms with Gasteiger partial charge in [0.1, 0.15) is 5.69 Å². The van der Waals surface area contributed by atoms with Crippen LogP contribution in [0.4, 0.5) is 5.82 Å². The molecule has 0 aliphatic carbocycles. The zero-order valence-corrected chi connectivity index (χ0v) is 8.42. The van der Waals surface area contributed by atoms with Crippen LogP contribution in [0, 0.1) is 0 Å². The lowest BCUT2D eigenvalue weighted by Gasteiger charge is -2.04. The topological polar surface area (TPSA) is 64.9 Å². The Kier molecular flexibility index (Phi) is 1.86. The Morgan fingerprint density at radius 2 is 1.81 bits per heavy atom. The molecule has 3 aromatic rings. The molecular formula is C12H9N3O. The van der Waals surface area contributed by atoms with Crippen LogP contribution in [0.5, 0.6) is 0 Å². The van der Waals surface area contributed by atoms with Crippen LogP contribution in [-0.4, -0.2) is 10.2 Å². The van der Waals surface area contributed by atoms with E-state index in [-0.39, 0.29) is 0 Å². The smallest absolute Gasteiger partial charge is 0.154 e. The zero-order chi connectivity index (χ0) is 11.0. The Morgan fingerprint density at radius 1 is 1.00 bits per heavy atom. The van der Waals surface area contributed by atoms with E-state index < -0.39 is 0 Å². The summed E-state index contributed by atoms with van der Waals surface area (Å²) in [7, 11) is 0. The first-order valence-corrected chi connectivity index (χ1v) is 4.90. The molecule has 0 fully saturated rings. The summed E-state index contributed by atoms with van der Waals surface area (Å²) in [6.07, 6.45) is 3.26. The number of hydrogen-bond donors (Lipinski definition) is 1. The highest BCUT2D eigenvalue weighted by molar-refractivity contribution is 5.99. The van der Waals surface area contributed by atoms with Crippen LogP contribution in [0.1, 0.15) is 0 Å². The maximum Gasteiger partial charge on any atom is 0.154 e. The molecule has 78 valence electrons. The monoisotopic (exact) mass is 211 g/mol. The van der Waals surface area contributed by atoms with Crippen molar-refractivity contribution in [1.82, 2.24) is 10.2 Å². The van der Waals surface area contributed by atoms with Crippen molar-refractivity contribution in [2.24, 2.45) is 0 Å². The van der Waals surface area contributed by atoms with Crippen molar-refractivity contribution in [2.75, 3.05) is 5.73 Å². The third-order valence-electron chi connectivity index (χ3n) is 2.51. The van der Waals surface area contributed by atoms with Crippen molar-refractivity contribution in [1.29, 1.82) is 0 Å². The predicted octanol–water partition coefficient (Wildman–Crippen LogP) is 2.47. The van der Waals surface area contributed by atoms with Crippen molar-refractivity contribution in [3.63, 3.8) is 0 Å². The number of hydrogen-bond acceptors (Lipinski definition) is 4. The summed E-state index contributed by atoms with van der Waals surface area (Å²) in [5.74, 6) is 0.447. The molecule has 0 saturated carbocycles. The molecule has 0 atom stereocenters. The Balaban J connectivity index is 2.39. The molecule has 0 aliphatic heterocycles. The molecule has 0 aliphatic rings. The van der Waals surface area contributed by atoms with Gasteiger partial charge in [-0.1, -0.05) is 24.3 Å². The van der Waals surface area contributed by atoms with Gasteiger partial charge in [0.05, 0.1) is 12.5 Å². The van der Waals surface area contributed by atoms with Crippen LogP contribution < -0.4 is 5.73 Å². The van der Waals surface area contributed by atoms with Gasteiger partial charge in [-0.05, 0) is 6.07 Å². The number of nitrogens with zero attached hydrogens (tertiary/aromatic N) is 2. The van der Waals surface area contributed by atoms with Crippen LogP contribution in [0.2, 0.25) is 0 Å². The lowest BCUT2D eigenvalue weighted by molar-refractivity contribution is 0.568. The van der Waals surface area contributed by atoms with Crippen molar-refractivity contribution in [3.8, 4) is 11.3 Å². The van der Waals surface area contributed by atoms with E-state index in [4.69, 9.17) is 10.2 Å². The first-order valence-electron chi connectivity index (χ1n) is 4.90. The van der Waals surface area contributed by atoms with Crippen LogP contribution in [0.25, 0.3) is 22.0 Å². The summed E-state index contributed by atoms with van der Waals surface area (Å²) in [5, 5.41) is 9.96. The first-order chi connectivity index (χ1) is 7.86. The molecule has 2 N–H and O–H groups in total. The summed E-state index contributed by atoms with van der Waals surface area (Å²) in [5.41, 5.74) is 7.48. The first kappa shape index (κ1) is 8.91. The molecule has 2 heterocycles. The number of anilines is 1. The fourth-order valence-electron chi connectivity index (χ4n) is 1.74. The second-order valence-corrected chi connectivity index (χ2v) is 3.49. The van der Waals surface area contributed by atoms with Gasteiger partial charge in [-0.3, -0.25) is 0 Å². The molecule has 3 rings (SSSR count). The van der Waals surface area contributed by atoms with E-state index in [2.05, 4.69) is 10.2 Å². The molecule has 16 heavy (non-hydrogen) atoms. The SMILES string of the molecule is Nc1nnc(-c2ccoc2)c2ccccc12. The van der Waals surface area contributed by atoms with Crippen LogP contribution in [0.15, 0.2) is 47.3 Å². The molecule has 1 aromatic carbocycles. The van der Waals surface area contributed by atoms with Gasteiger partial charge in [-0.25, -0.2) is 0 Å². The normalized spacial score (nSPS) is 10.8. The Labute approximate surface area is 91.7 Å². The summed E-state index contributed by atoms with van der Waals surface area (Å²) in [6.45, 7) is 0.